The standard InChI is InChI=1S/C28H26ClN5O5/c1-33-13-17-10-19(5-7-23(17)32-33)31-28(36)25(8-9-37-2)34-14-26(38-3)22(12-27(34)35)21-11-18(29)4-6-20(21)24-15-39-16-30-24/h4-7,10-16,25H,8-9H2,1-3H3,(H,31,36). The highest BCUT2D eigenvalue weighted by Gasteiger charge is 2.25. The van der Waals surface area contributed by atoms with Gasteiger partial charge in [-0.3, -0.25) is 18.8 Å². The molecule has 1 atom stereocenters. The summed E-state index contributed by atoms with van der Waals surface area (Å²) in [4.78, 5) is 31.2. The maximum Gasteiger partial charge on any atom is 0.252 e. The highest BCUT2D eigenvalue weighted by molar-refractivity contribution is 6.31. The van der Waals surface area contributed by atoms with E-state index in [1.807, 2.05) is 25.4 Å². The minimum Gasteiger partial charge on any atom is -0.495 e. The summed E-state index contributed by atoms with van der Waals surface area (Å²) >= 11 is 6.32. The lowest BCUT2D eigenvalue weighted by atomic mass is 9.97. The van der Waals surface area contributed by atoms with Crippen LogP contribution in [0.5, 0.6) is 5.75 Å². The van der Waals surface area contributed by atoms with Gasteiger partial charge in [0.25, 0.3) is 5.56 Å². The van der Waals surface area contributed by atoms with Gasteiger partial charge >= 0.3 is 0 Å². The van der Waals surface area contributed by atoms with E-state index in [1.165, 1.54) is 36.6 Å². The van der Waals surface area contributed by atoms with Crippen molar-refractivity contribution in [2.75, 3.05) is 26.1 Å². The number of carbonyl (C=O) groups excluding carboxylic acids is 1. The lowest BCUT2D eigenvalue weighted by molar-refractivity contribution is -0.119. The molecule has 0 aliphatic rings. The third kappa shape index (κ3) is 5.43. The van der Waals surface area contributed by atoms with Crippen LogP contribution in [0.2, 0.25) is 5.02 Å². The Kier molecular flexibility index (Phi) is 7.49. The molecule has 3 aromatic heterocycles. The molecule has 10 nitrogen and oxygen atoms in total. The summed E-state index contributed by atoms with van der Waals surface area (Å²) < 4.78 is 19.2. The number of amides is 1. The molecule has 0 fully saturated rings. The Morgan fingerprint density at radius 2 is 1.95 bits per heavy atom. The number of nitrogens with one attached hydrogen (secondary N) is 1. The number of methoxy groups -OCH3 is 2. The van der Waals surface area contributed by atoms with Crippen molar-refractivity contribution in [3.63, 3.8) is 0 Å². The van der Waals surface area contributed by atoms with Gasteiger partial charge < -0.3 is 19.2 Å². The number of fused-ring (bicyclic) bond motifs is 1. The molecule has 0 bridgehead atoms. The van der Waals surface area contributed by atoms with E-state index >= 15 is 0 Å². The van der Waals surface area contributed by atoms with Gasteiger partial charge in [0.15, 0.2) is 6.39 Å². The number of nitrogens with zero attached hydrogens (tertiary/aromatic N) is 4. The van der Waals surface area contributed by atoms with Gasteiger partial charge in [-0.05, 0) is 35.9 Å². The van der Waals surface area contributed by atoms with E-state index in [2.05, 4.69) is 15.4 Å². The summed E-state index contributed by atoms with van der Waals surface area (Å²) in [7, 11) is 4.88. The summed E-state index contributed by atoms with van der Waals surface area (Å²) in [6, 6.07) is 11.3. The fraction of sp³-hybridized carbons (Fsp3) is 0.214. The van der Waals surface area contributed by atoms with Crippen LogP contribution in [-0.2, 0) is 16.6 Å². The number of carbonyl (C=O) groups is 1. The fourth-order valence-corrected chi connectivity index (χ4v) is 4.70. The Morgan fingerprint density at radius 3 is 2.69 bits per heavy atom. The molecular formula is C28H26ClN5O5. The number of aryl methyl sites for hydroxylation is 1. The maximum atomic E-state index is 13.5. The first kappa shape index (κ1) is 26.2. The van der Waals surface area contributed by atoms with E-state index < -0.39 is 11.6 Å². The number of hydrogen-bond acceptors (Lipinski definition) is 7. The number of halogens is 1. The number of rotatable bonds is 9. The van der Waals surface area contributed by atoms with Crippen molar-refractivity contribution in [2.24, 2.45) is 7.05 Å². The Bertz CT molecular complexity index is 1690. The molecule has 0 aliphatic carbocycles. The fourth-order valence-electron chi connectivity index (χ4n) is 4.53. The van der Waals surface area contributed by atoms with E-state index in [0.29, 0.717) is 38.8 Å². The van der Waals surface area contributed by atoms with Gasteiger partial charge in [-0.25, -0.2) is 4.98 Å². The lowest BCUT2D eigenvalue weighted by Gasteiger charge is -2.21. The zero-order valence-corrected chi connectivity index (χ0v) is 22.3. The molecule has 5 rings (SSSR count). The molecule has 0 saturated carbocycles. The zero-order chi connectivity index (χ0) is 27.5. The van der Waals surface area contributed by atoms with Gasteiger partial charge in [0, 0.05) is 66.7 Å². The van der Waals surface area contributed by atoms with Gasteiger partial charge in [-0.15, -0.1) is 0 Å². The topological polar surface area (TPSA) is 113 Å². The third-order valence-electron chi connectivity index (χ3n) is 6.36. The molecule has 0 spiro atoms. The first-order chi connectivity index (χ1) is 18.9. The van der Waals surface area contributed by atoms with E-state index in [0.717, 1.165) is 10.9 Å². The number of hydrogen-bond donors (Lipinski definition) is 1. The van der Waals surface area contributed by atoms with Crippen LogP contribution in [-0.4, -0.2) is 46.1 Å². The summed E-state index contributed by atoms with van der Waals surface area (Å²) in [6.45, 7) is 0.265. The molecule has 3 heterocycles. The molecule has 0 radical (unpaired) electrons. The first-order valence-electron chi connectivity index (χ1n) is 12.1. The number of oxazole rings is 1. The average Bonchev–Trinajstić information content (AvgIpc) is 3.58. The van der Waals surface area contributed by atoms with Gasteiger partial charge in [0.2, 0.25) is 5.91 Å². The van der Waals surface area contributed by atoms with Crippen molar-refractivity contribution in [3.8, 4) is 28.1 Å². The van der Waals surface area contributed by atoms with E-state index in [1.54, 1.807) is 36.1 Å². The number of pyridine rings is 1. The quantitative estimate of drug-likeness (QED) is 0.278. The Morgan fingerprint density at radius 1 is 1.10 bits per heavy atom. The van der Waals surface area contributed by atoms with Crippen molar-refractivity contribution in [2.45, 2.75) is 12.5 Å². The largest absolute Gasteiger partial charge is 0.495 e. The molecule has 5 aromatic rings. The van der Waals surface area contributed by atoms with Crippen molar-refractivity contribution < 1.29 is 18.7 Å². The highest BCUT2D eigenvalue weighted by atomic mass is 35.5. The number of anilines is 1. The zero-order valence-electron chi connectivity index (χ0n) is 21.6. The van der Waals surface area contributed by atoms with Crippen molar-refractivity contribution in [1.82, 2.24) is 19.3 Å². The molecule has 11 heteroatoms. The predicted molar refractivity (Wildman–Crippen MR) is 148 cm³/mol. The second-order valence-corrected chi connectivity index (χ2v) is 9.36. The molecule has 1 N–H and O–H groups in total. The summed E-state index contributed by atoms with van der Waals surface area (Å²) in [5.41, 5.74) is 3.45. The Hall–Kier alpha value is -4.41. The first-order valence-corrected chi connectivity index (χ1v) is 12.5. The highest BCUT2D eigenvalue weighted by Crippen LogP contribution is 2.38. The molecule has 0 aliphatic heterocycles. The van der Waals surface area contributed by atoms with Crippen molar-refractivity contribution in [1.29, 1.82) is 0 Å². The summed E-state index contributed by atoms with van der Waals surface area (Å²) in [6.07, 6.45) is 6.50. The molecule has 39 heavy (non-hydrogen) atoms. The number of ether oxygens (including phenoxy) is 2. The van der Waals surface area contributed by atoms with E-state index in [-0.39, 0.29) is 18.9 Å². The molecule has 1 unspecified atom stereocenters. The minimum atomic E-state index is -0.862. The van der Waals surface area contributed by atoms with Crippen LogP contribution in [0, 0.1) is 0 Å². The van der Waals surface area contributed by atoms with Gasteiger partial charge in [0.05, 0.1) is 18.8 Å². The lowest BCUT2D eigenvalue weighted by Crippen LogP contribution is -2.34. The SMILES string of the molecule is COCCC(C(=O)Nc1ccc2nn(C)cc2c1)n1cc(OC)c(-c2cc(Cl)ccc2-c2cocn2)cc1=O. The third-order valence-corrected chi connectivity index (χ3v) is 6.60. The van der Waals surface area contributed by atoms with Crippen LogP contribution in [0.25, 0.3) is 33.3 Å². The monoisotopic (exact) mass is 547 g/mol. The van der Waals surface area contributed by atoms with Crippen LogP contribution < -0.4 is 15.6 Å². The maximum absolute atomic E-state index is 13.5. The summed E-state index contributed by atoms with van der Waals surface area (Å²) in [5.74, 6) is 0.0202. The van der Waals surface area contributed by atoms with Crippen LogP contribution in [0.15, 0.2) is 76.7 Å². The molecule has 200 valence electrons. The van der Waals surface area contributed by atoms with Gasteiger partial charge in [-0.1, -0.05) is 17.7 Å². The van der Waals surface area contributed by atoms with E-state index in [9.17, 15) is 9.59 Å². The van der Waals surface area contributed by atoms with Crippen molar-refractivity contribution >= 4 is 34.1 Å². The normalized spacial score (nSPS) is 12.0. The average molecular weight is 548 g/mol. The van der Waals surface area contributed by atoms with Crippen molar-refractivity contribution in [3.05, 3.63) is 82.9 Å². The second-order valence-electron chi connectivity index (χ2n) is 8.93. The Labute approximate surface area is 228 Å². The van der Waals surface area contributed by atoms with Crippen LogP contribution in [0.3, 0.4) is 0 Å². The van der Waals surface area contributed by atoms with Crippen LogP contribution >= 0.6 is 11.6 Å². The second kappa shape index (κ2) is 11.1. The van der Waals surface area contributed by atoms with Crippen LogP contribution in [0.4, 0.5) is 5.69 Å². The Balaban J connectivity index is 1.54. The van der Waals surface area contributed by atoms with Gasteiger partial charge in [-0.2, -0.15) is 5.10 Å². The molecular weight excluding hydrogens is 522 g/mol. The molecule has 1 amide bonds. The van der Waals surface area contributed by atoms with Gasteiger partial charge in [0.1, 0.15) is 23.7 Å². The van der Waals surface area contributed by atoms with E-state index in [4.69, 9.17) is 25.5 Å². The predicted octanol–water partition coefficient (Wildman–Crippen LogP) is 4.94. The smallest absolute Gasteiger partial charge is 0.252 e. The molecule has 2 aromatic carbocycles. The number of aromatic nitrogens is 4. The van der Waals surface area contributed by atoms with Crippen LogP contribution in [0.1, 0.15) is 12.5 Å². The minimum absolute atomic E-state index is 0.265. The molecule has 0 saturated heterocycles. The summed E-state index contributed by atoms with van der Waals surface area (Å²) in [5, 5.41) is 8.65. The number of benzene rings is 2.